The first-order chi connectivity index (χ1) is 18.5. The van der Waals surface area contributed by atoms with Gasteiger partial charge in [-0.1, -0.05) is 43.5 Å². The molecule has 38 heavy (non-hydrogen) atoms. The van der Waals surface area contributed by atoms with Crippen LogP contribution in [0.2, 0.25) is 0 Å². The summed E-state index contributed by atoms with van der Waals surface area (Å²) in [5.41, 5.74) is 4.63. The van der Waals surface area contributed by atoms with E-state index >= 15 is 0 Å². The number of likely N-dealkylation sites (tertiary alicyclic amines) is 1. The fourth-order valence-corrected chi connectivity index (χ4v) is 9.48. The normalized spacial score (nSPS) is 31.9. The summed E-state index contributed by atoms with van der Waals surface area (Å²) in [6.45, 7) is 1.99. The molecule has 1 saturated heterocycles. The number of hydrogen-bond acceptors (Lipinski definition) is 4. The van der Waals surface area contributed by atoms with E-state index in [4.69, 9.17) is 0 Å². The first-order valence-corrected chi connectivity index (χ1v) is 15.6. The highest BCUT2D eigenvalue weighted by molar-refractivity contribution is 8.18. The van der Waals surface area contributed by atoms with Gasteiger partial charge in [0, 0.05) is 18.7 Å². The molecule has 0 radical (unpaired) electrons. The van der Waals surface area contributed by atoms with E-state index in [1.807, 2.05) is 18.2 Å². The topological polar surface area (TPSA) is 52.9 Å². The minimum absolute atomic E-state index is 0.119. The Hall–Kier alpha value is -2.53. The van der Waals surface area contributed by atoms with E-state index < -0.39 is 0 Å². The summed E-state index contributed by atoms with van der Waals surface area (Å²) in [6.07, 6.45) is 16.1. The first-order valence-electron chi connectivity index (χ1n) is 14.8. The van der Waals surface area contributed by atoms with E-state index in [9.17, 15) is 9.90 Å². The second-order valence-electron chi connectivity index (χ2n) is 12.6. The second kappa shape index (κ2) is 9.89. The highest BCUT2D eigenvalue weighted by atomic mass is 32.2. The number of thioether (sulfide) groups is 1. The predicted octanol–water partition coefficient (Wildman–Crippen LogP) is 7.76. The Morgan fingerprint density at radius 1 is 0.868 bits per heavy atom. The Morgan fingerprint density at radius 3 is 2.24 bits per heavy atom. The van der Waals surface area contributed by atoms with Gasteiger partial charge in [-0.15, -0.1) is 0 Å². The van der Waals surface area contributed by atoms with Crippen molar-refractivity contribution in [3.05, 3.63) is 58.5 Å². The zero-order chi connectivity index (χ0) is 25.7. The van der Waals surface area contributed by atoms with Gasteiger partial charge in [-0.3, -0.25) is 4.79 Å². The molecule has 4 aliphatic carbocycles. The van der Waals surface area contributed by atoms with Crippen LogP contribution in [0.4, 0.5) is 0 Å². The molecule has 198 valence electrons. The number of carbonyl (C=O) groups is 1. The highest BCUT2D eigenvalue weighted by Crippen LogP contribution is 2.62. The second-order valence-corrected chi connectivity index (χ2v) is 13.6. The van der Waals surface area contributed by atoms with E-state index in [1.165, 1.54) is 88.0 Å². The maximum atomic E-state index is 12.8. The van der Waals surface area contributed by atoms with Crippen LogP contribution in [0.15, 0.2) is 52.4 Å². The van der Waals surface area contributed by atoms with Crippen LogP contribution in [0.3, 0.4) is 0 Å². The zero-order valence-corrected chi connectivity index (χ0v) is 23.0. The summed E-state index contributed by atoms with van der Waals surface area (Å²) in [5.74, 6) is 2.87. The van der Waals surface area contributed by atoms with Crippen molar-refractivity contribution in [1.29, 1.82) is 0 Å². The van der Waals surface area contributed by atoms with Crippen molar-refractivity contribution in [2.45, 2.75) is 76.0 Å². The van der Waals surface area contributed by atoms with Gasteiger partial charge in [-0.25, -0.2) is 0 Å². The summed E-state index contributed by atoms with van der Waals surface area (Å²) in [5, 5.41) is 11.9. The summed E-state index contributed by atoms with van der Waals surface area (Å²) < 4.78 is 0. The van der Waals surface area contributed by atoms with Crippen molar-refractivity contribution in [3.8, 4) is 16.9 Å². The third-order valence-corrected chi connectivity index (χ3v) is 10.9. The number of hydrogen-bond donors (Lipinski definition) is 1. The lowest BCUT2D eigenvalue weighted by atomic mass is 9.48. The predicted molar refractivity (Wildman–Crippen MR) is 156 cm³/mol. The molecule has 1 N–H and O–H groups in total. The molecule has 0 spiro atoms. The minimum atomic E-state index is -0.119. The largest absolute Gasteiger partial charge is 0.508 e. The maximum absolute atomic E-state index is 12.8. The molecule has 0 aromatic heterocycles. The molecule has 4 saturated carbocycles. The molecule has 6 aliphatic rings. The number of amides is 1. The summed E-state index contributed by atoms with van der Waals surface area (Å²) in [6, 6.07) is 14.7. The standard InChI is InChI=1S/C33H38N2O2S/c36-29-10-9-27(18-28(29)33-19-23-13-24(20-33)15-25(14-23)21-33)26-8-6-7-22(16-26)17-30-31(37)34-32(38-30)35-11-4-2-1-3-5-12-35/h6-10,16-18,23-25,36H,1-5,11-15,19-21H2. The third-order valence-electron chi connectivity index (χ3n) is 9.86. The van der Waals surface area contributed by atoms with Crippen LogP contribution >= 0.6 is 11.8 Å². The van der Waals surface area contributed by atoms with Crippen LogP contribution in [0.5, 0.6) is 5.75 Å². The Bertz CT molecular complexity index is 1270. The number of aromatic hydroxyl groups is 1. The van der Waals surface area contributed by atoms with Gasteiger partial charge in [0.1, 0.15) is 5.75 Å². The number of phenols is 1. The number of rotatable bonds is 3. The summed E-state index contributed by atoms with van der Waals surface area (Å²) >= 11 is 1.53. The Labute approximate surface area is 230 Å². The highest BCUT2D eigenvalue weighted by Gasteiger charge is 2.52. The third kappa shape index (κ3) is 4.61. The molecule has 0 unspecified atom stereocenters. The van der Waals surface area contributed by atoms with Gasteiger partial charge in [0.2, 0.25) is 0 Å². The lowest BCUT2D eigenvalue weighted by molar-refractivity contribution is -0.113. The molecule has 8 rings (SSSR count). The quantitative estimate of drug-likeness (QED) is 0.415. The Balaban J connectivity index is 1.13. The fraction of sp³-hybridized carbons (Fsp3) is 0.515. The van der Waals surface area contributed by atoms with Crippen LogP contribution in [-0.2, 0) is 10.2 Å². The van der Waals surface area contributed by atoms with Gasteiger partial charge in [0.05, 0.1) is 4.91 Å². The van der Waals surface area contributed by atoms with E-state index in [1.54, 1.807) is 0 Å². The van der Waals surface area contributed by atoms with Crippen LogP contribution in [0, 0.1) is 17.8 Å². The smallest absolute Gasteiger partial charge is 0.286 e. The molecule has 2 heterocycles. The van der Waals surface area contributed by atoms with E-state index in [2.05, 4.69) is 40.2 Å². The van der Waals surface area contributed by atoms with Crippen molar-refractivity contribution < 1.29 is 9.90 Å². The number of benzene rings is 2. The van der Waals surface area contributed by atoms with Crippen molar-refractivity contribution in [1.82, 2.24) is 4.90 Å². The number of nitrogens with zero attached hydrogens (tertiary/aromatic N) is 2. The molecule has 5 heteroatoms. The average molecular weight is 527 g/mol. The number of amidine groups is 1. The Morgan fingerprint density at radius 2 is 1.53 bits per heavy atom. The zero-order valence-electron chi connectivity index (χ0n) is 22.2. The lowest BCUT2D eigenvalue weighted by Crippen LogP contribution is -2.48. The van der Waals surface area contributed by atoms with Crippen molar-refractivity contribution >= 4 is 28.9 Å². The molecule has 2 aliphatic heterocycles. The van der Waals surface area contributed by atoms with Crippen molar-refractivity contribution in [2.75, 3.05) is 13.1 Å². The van der Waals surface area contributed by atoms with Crippen molar-refractivity contribution in [2.24, 2.45) is 22.7 Å². The number of phenolic OH excluding ortho intramolecular Hbond substituents is 1. The summed E-state index contributed by atoms with van der Waals surface area (Å²) in [7, 11) is 0. The SMILES string of the molecule is O=C1N=C(N2CCCCCCC2)SC1=Cc1cccc(-c2ccc(O)c(C34CC5CC(CC(C5)C3)C4)c2)c1. The van der Waals surface area contributed by atoms with Crippen LogP contribution < -0.4 is 0 Å². The van der Waals surface area contributed by atoms with Crippen molar-refractivity contribution in [3.63, 3.8) is 0 Å². The lowest BCUT2D eigenvalue weighted by Gasteiger charge is -2.57. The average Bonchev–Trinajstić information content (AvgIpc) is 3.23. The molecular formula is C33H38N2O2S. The molecule has 5 fully saturated rings. The van der Waals surface area contributed by atoms with Crippen LogP contribution in [0.25, 0.3) is 17.2 Å². The molecular weight excluding hydrogens is 488 g/mol. The van der Waals surface area contributed by atoms with Gasteiger partial charge >= 0.3 is 0 Å². The fourth-order valence-electron chi connectivity index (χ4n) is 8.51. The monoisotopic (exact) mass is 526 g/mol. The van der Waals surface area contributed by atoms with Gasteiger partial charge in [-0.2, -0.15) is 4.99 Å². The molecule has 4 nitrogen and oxygen atoms in total. The number of aliphatic imine (C=N–C) groups is 1. The number of carbonyl (C=O) groups excluding carboxylic acids is 1. The molecule has 2 aromatic rings. The van der Waals surface area contributed by atoms with E-state index in [-0.39, 0.29) is 11.3 Å². The maximum Gasteiger partial charge on any atom is 0.286 e. The first kappa shape index (κ1) is 24.5. The van der Waals surface area contributed by atoms with Gasteiger partial charge in [0.25, 0.3) is 5.91 Å². The molecule has 1 amide bonds. The molecule has 4 bridgehead atoms. The Kier molecular flexibility index (Phi) is 6.38. The van der Waals surface area contributed by atoms with Crippen LogP contribution in [-0.4, -0.2) is 34.2 Å². The molecule has 2 aromatic carbocycles. The van der Waals surface area contributed by atoms with Gasteiger partial charge in [0.15, 0.2) is 5.17 Å². The summed E-state index contributed by atoms with van der Waals surface area (Å²) in [4.78, 5) is 20.2. The van der Waals surface area contributed by atoms with E-state index in [0.717, 1.165) is 52.7 Å². The van der Waals surface area contributed by atoms with Gasteiger partial charge in [-0.05, 0) is 127 Å². The minimum Gasteiger partial charge on any atom is -0.508 e. The van der Waals surface area contributed by atoms with Crippen LogP contribution in [0.1, 0.15) is 81.8 Å². The van der Waals surface area contributed by atoms with Gasteiger partial charge < -0.3 is 10.0 Å². The molecule has 0 atom stereocenters. The van der Waals surface area contributed by atoms with E-state index in [0.29, 0.717) is 10.7 Å².